The normalized spacial score (nSPS) is 14.4. The Labute approximate surface area is 205 Å². The number of carbonyl (C=O) groups is 2. The molecule has 35 heavy (non-hydrogen) atoms. The molecule has 1 saturated heterocycles. The summed E-state index contributed by atoms with van der Waals surface area (Å²) in [5.74, 6) is -1.16. The van der Waals surface area contributed by atoms with E-state index in [4.69, 9.17) is 4.74 Å². The number of nitrogens with zero attached hydrogens (tertiary/aromatic N) is 3. The number of carbonyl (C=O) groups excluding carboxylic acids is 2. The van der Waals surface area contributed by atoms with Crippen molar-refractivity contribution in [3.05, 3.63) is 90.5 Å². The van der Waals surface area contributed by atoms with Gasteiger partial charge >= 0.3 is 5.97 Å². The Morgan fingerprint density at radius 2 is 1.49 bits per heavy atom. The minimum Gasteiger partial charge on any atom is -0.452 e. The van der Waals surface area contributed by atoms with Crippen LogP contribution in [0.15, 0.2) is 89.8 Å². The summed E-state index contributed by atoms with van der Waals surface area (Å²) in [6.07, 6.45) is 0. The molecule has 1 aliphatic heterocycles. The fourth-order valence-electron chi connectivity index (χ4n) is 3.86. The zero-order valence-corrected chi connectivity index (χ0v) is 20.2. The molecule has 3 aromatic carbocycles. The van der Waals surface area contributed by atoms with Gasteiger partial charge in [0.1, 0.15) is 0 Å². The number of hydrogen-bond acceptors (Lipinski definition) is 6. The van der Waals surface area contributed by atoms with E-state index in [1.165, 1.54) is 33.5 Å². The van der Waals surface area contributed by atoms with Gasteiger partial charge in [-0.2, -0.15) is 4.31 Å². The maximum atomic E-state index is 13.2. The molecule has 1 fully saturated rings. The highest BCUT2D eigenvalue weighted by atomic mass is 32.2. The summed E-state index contributed by atoms with van der Waals surface area (Å²) in [4.78, 5) is 28.5. The van der Waals surface area contributed by atoms with Crippen LogP contribution in [0.1, 0.15) is 10.4 Å². The summed E-state index contributed by atoms with van der Waals surface area (Å²) in [6, 6.07) is 24.6. The van der Waals surface area contributed by atoms with E-state index in [1.807, 2.05) is 36.4 Å². The molecule has 1 heterocycles. The summed E-state index contributed by atoms with van der Waals surface area (Å²) < 4.78 is 33.0. The van der Waals surface area contributed by atoms with E-state index < -0.39 is 28.5 Å². The van der Waals surface area contributed by atoms with Crippen molar-refractivity contribution < 1.29 is 22.7 Å². The number of benzene rings is 3. The number of anilines is 2. The highest BCUT2D eigenvalue weighted by molar-refractivity contribution is 7.89. The van der Waals surface area contributed by atoms with Crippen LogP contribution in [-0.4, -0.2) is 64.4 Å². The van der Waals surface area contributed by atoms with E-state index in [1.54, 1.807) is 31.3 Å². The number of hydrogen-bond donors (Lipinski definition) is 0. The van der Waals surface area contributed by atoms with Crippen molar-refractivity contribution in [3.63, 3.8) is 0 Å². The highest BCUT2D eigenvalue weighted by Gasteiger charge is 2.29. The number of rotatable bonds is 7. The molecule has 0 aromatic heterocycles. The number of sulfonamides is 1. The van der Waals surface area contributed by atoms with Gasteiger partial charge in [0.25, 0.3) is 5.91 Å². The molecule has 0 radical (unpaired) electrons. The molecule has 0 spiro atoms. The van der Waals surface area contributed by atoms with Gasteiger partial charge in [-0.25, -0.2) is 13.2 Å². The van der Waals surface area contributed by atoms with Gasteiger partial charge < -0.3 is 14.5 Å². The molecule has 0 bridgehead atoms. The quantitative estimate of drug-likeness (QED) is 0.471. The Balaban J connectivity index is 1.38. The Hall–Kier alpha value is -3.69. The van der Waals surface area contributed by atoms with E-state index in [0.29, 0.717) is 31.9 Å². The van der Waals surface area contributed by atoms with Crippen LogP contribution in [0.5, 0.6) is 0 Å². The number of esters is 1. The van der Waals surface area contributed by atoms with E-state index in [0.717, 1.165) is 5.69 Å². The molecule has 8 nitrogen and oxygen atoms in total. The highest BCUT2D eigenvalue weighted by Crippen LogP contribution is 2.22. The molecular formula is C26H27N3O5S. The third-order valence-corrected chi connectivity index (χ3v) is 7.81. The second kappa shape index (κ2) is 10.7. The Morgan fingerprint density at radius 1 is 0.857 bits per heavy atom. The standard InChI is InChI=1S/C26H27N3O5S/c1-27(22-10-4-2-5-11-22)25(30)20-34-26(31)21-9-8-14-24(19-21)35(32,33)29-17-15-28(16-18-29)23-12-6-3-7-13-23/h2-14,19H,15-18,20H2,1H3. The van der Waals surface area contributed by atoms with Crippen LogP contribution < -0.4 is 9.80 Å². The zero-order valence-electron chi connectivity index (χ0n) is 19.4. The summed E-state index contributed by atoms with van der Waals surface area (Å²) in [5.41, 5.74) is 1.81. The van der Waals surface area contributed by atoms with Gasteiger partial charge in [0.05, 0.1) is 10.5 Å². The maximum Gasteiger partial charge on any atom is 0.338 e. The van der Waals surface area contributed by atoms with Gasteiger partial charge in [0.15, 0.2) is 6.61 Å². The zero-order chi connectivity index (χ0) is 24.8. The Bertz CT molecular complexity index is 1270. The molecule has 1 amide bonds. The molecule has 1 aliphatic rings. The van der Waals surface area contributed by atoms with E-state index in [9.17, 15) is 18.0 Å². The molecular weight excluding hydrogens is 466 g/mol. The largest absolute Gasteiger partial charge is 0.452 e. The number of amides is 1. The fraction of sp³-hybridized carbons (Fsp3) is 0.231. The molecule has 0 unspecified atom stereocenters. The maximum absolute atomic E-state index is 13.2. The molecule has 0 aliphatic carbocycles. The molecule has 9 heteroatoms. The van der Waals surface area contributed by atoms with Crippen LogP contribution >= 0.6 is 0 Å². The molecule has 3 aromatic rings. The first-order valence-electron chi connectivity index (χ1n) is 11.3. The lowest BCUT2D eigenvalue weighted by atomic mass is 10.2. The monoisotopic (exact) mass is 493 g/mol. The molecule has 182 valence electrons. The molecule has 0 saturated carbocycles. The lowest BCUT2D eigenvalue weighted by Gasteiger charge is -2.35. The third kappa shape index (κ3) is 5.70. The van der Waals surface area contributed by atoms with Crippen molar-refractivity contribution in [2.75, 3.05) is 49.6 Å². The van der Waals surface area contributed by atoms with Crippen LogP contribution in [0.4, 0.5) is 11.4 Å². The average Bonchev–Trinajstić information content (AvgIpc) is 2.92. The third-order valence-electron chi connectivity index (χ3n) is 5.91. The van der Waals surface area contributed by atoms with E-state index >= 15 is 0 Å². The average molecular weight is 494 g/mol. The number of likely N-dealkylation sites (N-methyl/N-ethyl adjacent to an activating group) is 1. The topological polar surface area (TPSA) is 87.2 Å². The van der Waals surface area contributed by atoms with Crippen LogP contribution in [0.2, 0.25) is 0 Å². The van der Waals surface area contributed by atoms with Gasteiger partial charge in [-0.3, -0.25) is 4.79 Å². The predicted octanol–water partition coefficient (Wildman–Crippen LogP) is 3.02. The number of ether oxygens (including phenoxy) is 1. The second-order valence-electron chi connectivity index (χ2n) is 8.12. The minimum atomic E-state index is -3.78. The van der Waals surface area contributed by atoms with E-state index in [2.05, 4.69) is 4.90 Å². The Kier molecular flexibility index (Phi) is 7.48. The van der Waals surface area contributed by atoms with Gasteiger partial charge in [0, 0.05) is 44.6 Å². The van der Waals surface area contributed by atoms with Crippen LogP contribution in [0.3, 0.4) is 0 Å². The van der Waals surface area contributed by atoms with Crippen molar-refractivity contribution in [2.24, 2.45) is 0 Å². The van der Waals surface area contributed by atoms with Crippen LogP contribution in [-0.2, 0) is 19.6 Å². The van der Waals surface area contributed by atoms with Gasteiger partial charge in [0.2, 0.25) is 10.0 Å². The SMILES string of the molecule is CN(C(=O)COC(=O)c1cccc(S(=O)(=O)N2CCN(c3ccccc3)CC2)c1)c1ccccc1. The predicted molar refractivity (Wildman–Crippen MR) is 134 cm³/mol. The molecule has 0 N–H and O–H groups in total. The van der Waals surface area contributed by atoms with Gasteiger partial charge in [-0.05, 0) is 42.5 Å². The molecule has 0 atom stereocenters. The molecule has 4 rings (SSSR count). The number of piperazine rings is 1. The van der Waals surface area contributed by atoms with E-state index in [-0.39, 0.29) is 10.5 Å². The van der Waals surface area contributed by atoms with Crippen LogP contribution in [0, 0.1) is 0 Å². The lowest BCUT2D eigenvalue weighted by Crippen LogP contribution is -2.48. The van der Waals surface area contributed by atoms with Crippen molar-refractivity contribution >= 4 is 33.3 Å². The van der Waals surface area contributed by atoms with Gasteiger partial charge in [-0.15, -0.1) is 0 Å². The summed E-state index contributed by atoms with van der Waals surface area (Å²) in [5, 5.41) is 0. The first kappa shape index (κ1) is 24.4. The Morgan fingerprint density at radius 3 is 2.14 bits per heavy atom. The first-order chi connectivity index (χ1) is 16.9. The smallest absolute Gasteiger partial charge is 0.338 e. The first-order valence-corrected chi connectivity index (χ1v) is 12.7. The van der Waals surface area contributed by atoms with Crippen molar-refractivity contribution in [3.8, 4) is 0 Å². The lowest BCUT2D eigenvalue weighted by molar-refractivity contribution is -0.121. The summed E-state index contributed by atoms with van der Waals surface area (Å²) >= 11 is 0. The van der Waals surface area contributed by atoms with Crippen molar-refractivity contribution in [1.82, 2.24) is 4.31 Å². The second-order valence-corrected chi connectivity index (χ2v) is 10.1. The van der Waals surface area contributed by atoms with Crippen LogP contribution in [0.25, 0.3) is 0 Å². The fourth-order valence-corrected chi connectivity index (χ4v) is 5.33. The van der Waals surface area contributed by atoms with Gasteiger partial charge in [-0.1, -0.05) is 42.5 Å². The summed E-state index contributed by atoms with van der Waals surface area (Å²) in [6.45, 7) is 1.37. The van der Waals surface area contributed by atoms with Crippen molar-refractivity contribution in [2.45, 2.75) is 4.90 Å². The van der Waals surface area contributed by atoms with Crippen molar-refractivity contribution in [1.29, 1.82) is 0 Å². The number of para-hydroxylation sites is 2. The summed E-state index contributed by atoms with van der Waals surface area (Å²) in [7, 11) is -2.19. The minimum absolute atomic E-state index is 0.0211.